The van der Waals surface area contributed by atoms with E-state index in [0.29, 0.717) is 13.1 Å². The van der Waals surface area contributed by atoms with Crippen LogP contribution in [0.1, 0.15) is 23.1 Å². The van der Waals surface area contributed by atoms with E-state index in [0.717, 1.165) is 22.4 Å². The zero-order chi connectivity index (χ0) is 21.0. The van der Waals surface area contributed by atoms with Crippen molar-refractivity contribution in [1.82, 2.24) is 29.3 Å². The number of benzene rings is 1. The molecule has 0 saturated carbocycles. The quantitative estimate of drug-likeness (QED) is 0.515. The Morgan fingerprint density at radius 1 is 1.03 bits per heavy atom. The number of aryl methyl sites for hydroxylation is 2. The molecule has 0 spiro atoms. The molecule has 1 fully saturated rings. The van der Waals surface area contributed by atoms with E-state index in [1.165, 1.54) is 10.7 Å². The fraction of sp³-hybridized carbons (Fsp3) is 0.300. The molecule has 10 heteroatoms. The molecule has 1 aliphatic rings. The van der Waals surface area contributed by atoms with E-state index in [-0.39, 0.29) is 17.6 Å². The maximum Gasteiger partial charge on any atom is 0.451 e. The molecular formula is C20H18F3N7. The zero-order valence-corrected chi connectivity index (χ0v) is 16.3. The Morgan fingerprint density at radius 2 is 1.77 bits per heavy atom. The zero-order valence-electron chi connectivity index (χ0n) is 16.3. The first-order valence-corrected chi connectivity index (χ1v) is 9.44. The van der Waals surface area contributed by atoms with Crippen LogP contribution in [-0.4, -0.2) is 42.4 Å². The molecule has 154 valence electrons. The number of halogens is 3. The minimum absolute atomic E-state index is 0.0894. The lowest BCUT2D eigenvalue weighted by Crippen LogP contribution is -2.46. The topological polar surface area (TPSA) is 64.7 Å². The molecule has 3 aromatic heterocycles. The van der Waals surface area contributed by atoms with E-state index in [4.69, 9.17) is 4.98 Å². The fourth-order valence-electron chi connectivity index (χ4n) is 3.72. The van der Waals surface area contributed by atoms with Gasteiger partial charge in [-0.2, -0.15) is 18.3 Å². The van der Waals surface area contributed by atoms with Gasteiger partial charge in [0, 0.05) is 32.4 Å². The van der Waals surface area contributed by atoms with Crippen molar-refractivity contribution in [2.45, 2.75) is 19.0 Å². The van der Waals surface area contributed by atoms with Crippen LogP contribution in [0.15, 0.2) is 42.7 Å². The Balaban J connectivity index is 1.45. The van der Waals surface area contributed by atoms with E-state index in [9.17, 15) is 13.2 Å². The maximum absolute atomic E-state index is 13.4. The first kappa shape index (κ1) is 18.6. The molecule has 0 radical (unpaired) electrons. The molecule has 4 aromatic rings. The van der Waals surface area contributed by atoms with E-state index in [2.05, 4.69) is 15.1 Å². The number of imidazole rings is 1. The number of rotatable bonds is 3. The molecule has 1 saturated heterocycles. The largest absolute Gasteiger partial charge is 0.451 e. The number of hydrogen-bond donors (Lipinski definition) is 0. The highest BCUT2D eigenvalue weighted by Crippen LogP contribution is 2.34. The van der Waals surface area contributed by atoms with Crippen molar-refractivity contribution in [3.8, 4) is 5.82 Å². The number of anilines is 1. The van der Waals surface area contributed by atoms with E-state index >= 15 is 0 Å². The van der Waals surface area contributed by atoms with Crippen LogP contribution in [0.2, 0.25) is 0 Å². The molecular weight excluding hydrogens is 395 g/mol. The average molecular weight is 413 g/mol. The molecule has 5 rings (SSSR count). The maximum atomic E-state index is 13.4. The minimum atomic E-state index is -4.64. The summed E-state index contributed by atoms with van der Waals surface area (Å²) in [4.78, 5) is 13.9. The van der Waals surface area contributed by atoms with Gasteiger partial charge in [0.25, 0.3) is 0 Å². The summed E-state index contributed by atoms with van der Waals surface area (Å²) in [6, 6.07) is 9.38. The van der Waals surface area contributed by atoms with Gasteiger partial charge in [-0.1, -0.05) is 12.1 Å². The molecule has 0 unspecified atom stereocenters. The number of fused-ring (bicyclic) bond motifs is 1. The summed E-state index contributed by atoms with van der Waals surface area (Å²) in [6.45, 7) is 2.87. The fourth-order valence-corrected chi connectivity index (χ4v) is 3.72. The summed E-state index contributed by atoms with van der Waals surface area (Å²) in [5, 5.41) is 4.08. The van der Waals surface area contributed by atoms with Crippen molar-refractivity contribution in [3.63, 3.8) is 0 Å². The highest BCUT2D eigenvalue weighted by molar-refractivity contribution is 5.76. The molecule has 0 atom stereocenters. The number of para-hydroxylation sites is 2. The van der Waals surface area contributed by atoms with Crippen LogP contribution in [0.4, 0.5) is 19.0 Å². The van der Waals surface area contributed by atoms with Gasteiger partial charge in [-0.3, -0.25) is 0 Å². The monoisotopic (exact) mass is 413 g/mol. The van der Waals surface area contributed by atoms with Crippen molar-refractivity contribution < 1.29 is 13.2 Å². The van der Waals surface area contributed by atoms with Gasteiger partial charge in [-0.15, -0.1) is 0 Å². The number of aromatic nitrogens is 6. The van der Waals surface area contributed by atoms with Crippen LogP contribution < -0.4 is 4.90 Å². The van der Waals surface area contributed by atoms with Gasteiger partial charge in [-0.25, -0.2) is 19.6 Å². The summed E-state index contributed by atoms with van der Waals surface area (Å²) in [5.74, 6) is 0.180. The van der Waals surface area contributed by atoms with Crippen LogP contribution in [0.5, 0.6) is 0 Å². The van der Waals surface area contributed by atoms with Crippen LogP contribution in [0.25, 0.3) is 16.9 Å². The van der Waals surface area contributed by atoms with E-state index in [1.54, 1.807) is 17.3 Å². The third-order valence-electron chi connectivity index (χ3n) is 5.29. The number of hydrogen-bond acceptors (Lipinski definition) is 5. The highest BCUT2D eigenvalue weighted by Gasteiger charge is 2.38. The molecule has 1 aromatic carbocycles. The normalized spacial score (nSPS) is 15.0. The van der Waals surface area contributed by atoms with E-state index in [1.807, 2.05) is 42.8 Å². The third kappa shape index (κ3) is 3.08. The van der Waals surface area contributed by atoms with Gasteiger partial charge < -0.3 is 9.47 Å². The summed E-state index contributed by atoms with van der Waals surface area (Å²) < 4.78 is 43.5. The first-order valence-electron chi connectivity index (χ1n) is 9.44. The Hall–Kier alpha value is -3.43. The molecule has 0 aliphatic carbocycles. The second-order valence-electron chi connectivity index (χ2n) is 7.49. The van der Waals surface area contributed by atoms with Crippen LogP contribution in [0.3, 0.4) is 0 Å². The van der Waals surface area contributed by atoms with Gasteiger partial charge in [0.2, 0.25) is 5.82 Å². The standard InChI is InChI=1S/C20H18F3N7/c1-12-8-24-30(9-12)17-7-16(26-19(27-17)20(21,22)23)29-10-13(11-29)18-25-14-5-3-4-6-15(14)28(18)2/h3-9,13H,10-11H2,1-2H3. The highest BCUT2D eigenvalue weighted by atomic mass is 19.4. The molecule has 0 bridgehead atoms. The lowest BCUT2D eigenvalue weighted by Gasteiger charge is -2.39. The summed E-state index contributed by atoms with van der Waals surface area (Å²) >= 11 is 0. The predicted molar refractivity (Wildman–Crippen MR) is 105 cm³/mol. The third-order valence-corrected chi connectivity index (χ3v) is 5.29. The smallest absolute Gasteiger partial charge is 0.355 e. The number of nitrogens with zero attached hydrogens (tertiary/aromatic N) is 7. The molecule has 30 heavy (non-hydrogen) atoms. The second-order valence-corrected chi connectivity index (χ2v) is 7.49. The molecule has 4 heterocycles. The van der Waals surface area contributed by atoms with Gasteiger partial charge in [0.05, 0.1) is 23.1 Å². The average Bonchev–Trinajstić information content (AvgIpc) is 3.24. The SMILES string of the molecule is Cc1cnn(-c2cc(N3CC(c4nc5ccccc5n4C)C3)nc(C(F)(F)F)n2)c1. The minimum Gasteiger partial charge on any atom is -0.355 e. The van der Waals surface area contributed by atoms with Crippen LogP contribution in [-0.2, 0) is 13.2 Å². The Kier molecular flexibility index (Phi) is 4.05. The van der Waals surface area contributed by atoms with Gasteiger partial charge >= 0.3 is 6.18 Å². The second kappa shape index (κ2) is 6.54. The summed E-state index contributed by atoms with van der Waals surface area (Å²) in [7, 11) is 1.96. The lowest BCUT2D eigenvalue weighted by molar-refractivity contribution is -0.144. The van der Waals surface area contributed by atoms with Crippen LogP contribution >= 0.6 is 0 Å². The molecule has 0 N–H and O–H groups in total. The van der Waals surface area contributed by atoms with Gasteiger partial charge in [0.1, 0.15) is 11.6 Å². The molecule has 0 amide bonds. The van der Waals surface area contributed by atoms with E-state index < -0.39 is 12.0 Å². The Bertz CT molecular complexity index is 1230. The summed E-state index contributed by atoms with van der Waals surface area (Å²) in [5.41, 5.74) is 2.77. The molecule has 1 aliphatic heterocycles. The van der Waals surface area contributed by atoms with Crippen molar-refractivity contribution in [3.05, 3.63) is 59.9 Å². The summed E-state index contributed by atoms with van der Waals surface area (Å²) in [6.07, 6.45) is -1.44. The first-order chi connectivity index (χ1) is 14.3. The Morgan fingerprint density at radius 3 is 2.43 bits per heavy atom. The van der Waals surface area contributed by atoms with Crippen molar-refractivity contribution in [1.29, 1.82) is 0 Å². The van der Waals surface area contributed by atoms with Crippen molar-refractivity contribution in [2.75, 3.05) is 18.0 Å². The lowest BCUT2D eigenvalue weighted by atomic mass is 9.99. The van der Waals surface area contributed by atoms with Crippen molar-refractivity contribution in [2.24, 2.45) is 7.05 Å². The Labute approximate surface area is 169 Å². The van der Waals surface area contributed by atoms with Crippen molar-refractivity contribution >= 4 is 16.9 Å². The number of alkyl halides is 3. The van der Waals surface area contributed by atoms with Gasteiger partial charge in [0.15, 0.2) is 5.82 Å². The molecule has 7 nitrogen and oxygen atoms in total. The van der Waals surface area contributed by atoms with Gasteiger partial charge in [-0.05, 0) is 24.6 Å². The van der Waals surface area contributed by atoms with Crippen LogP contribution in [0, 0.1) is 6.92 Å². The predicted octanol–water partition coefficient (Wildman–Crippen LogP) is 3.48.